The maximum atomic E-state index is 11.8. The third-order valence-corrected chi connectivity index (χ3v) is 2.77. The number of nitrogens with one attached hydrogen (secondary N) is 1. The van der Waals surface area contributed by atoms with Crippen LogP contribution in [0.2, 0.25) is 0 Å². The van der Waals surface area contributed by atoms with Gasteiger partial charge in [0.15, 0.2) is 0 Å². The fourth-order valence-corrected chi connectivity index (χ4v) is 2.08. The fourth-order valence-electron chi connectivity index (χ4n) is 2.08. The van der Waals surface area contributed by atoms with E-state index in [1.54, 1.807) is 11.0 Å². The molecule has 1 aliphatic rings. The number of phenols is 1. The molecule has 0 saturated heterocycles. The van der Waals surface area contributed by atoms with Gasteiger partial charge in [-0.25, -0.2) is 4.79 Å². The van der Waals surface area contributed by atoms with E-state index in [9.17, 15) is 9.90 Å². The van der Waals surface area contributed by atoms with E-state index in [0.29, 0.717) is 18.8 Å². The Hall–Kier alpha value is -1.71. The molecule has 1 aliphatic heterocycles. The number of nitrogens with zero attached hydrogens (tertiary/aromatic N) is 1. The van der Waals surface area contributed by atoms with Crippen LogP contribution in [0.15, 0.2) is 18.2 Å². The van der Waals surface area contributed by atoms with E-state index in [2.05, 4.69) is 5.32 Å². The summed E-state index contributed by atoms with van der Waals surface area (Å²) >= 11 is 0. The van der Waals surface area contributed by atoms with Gasteiger partial charge in [0.25, 0.3) is 0 Å². The number of urea groups is 1. The molecule has 4 nitrogen and oxygen atoms in total. The molecule has 0 fully saturated rings. The van der Waals surface area contributed by atoms with Crippen LogP contribution in [0.5, 0.6) is 5.75 Å². The SMILES string of the molecule is CCNC(=O)N1CCCc2cccc(O)c21. The fraction of sp³-hybridized carbons (Fsp3) is 0.417. The molecular weight excluding hydrogens is 204 g/mol. The highest BCUT2D eigenvalue weighted by Crippen LogP contribution is 2.35. The van der Waals surface area contributed by atoms with Gasteiger partial charge < -0.3 is 10.4 Å². The van der Waals surface area contributed by atoms with Crippen LogP contribution in [0.4, 0.5) is 10.5 Å². The number of carbonyl (C=O) groups excluding carboxylic acids is 1. The summed E-state index contributed by atoms with van der Waals surface area (Å²) in [6, 6.07) is 5.26. The largest absolute Gasteiger partial charge is 0.506 e. The summed E-state index contributed by atoms with van der Waals surface area (Å²) in [4.78, 5) is 13.4. The molecule has 0 saturated carbocycles. The van der Waals surface area contributed by atoms with Gasteiger partial charge in [-0.2, -0.15) is 0 Å². The number of fused-ring (bicyclic) bond motifs is 1. The Labute approximate surface area is 94.9 Å². The van der Waals surface area contributed by atoms with Crippen molar-refractivity contribution in [1.29, 1.82) is 0 Å². The second kappa shape index (κ2) is 4.43. The van der Waals surface area contributed by atoms with Crippen molar-refractivity contribution in [2.75, 3.05) is 18.0 Å². The van der Waals surface area contributed by atoms with Crippen molar-refractivity contribution < 1.29 is 9.90 Å². The quantitative estimate of drug-likeness (QED) is 0.759. The van der Waals surface area contributed by atoms with Crippen LogP contribution in [0, 0.1) is 0 Å². The van der Waals surface area contributed by atoms with Gasteiger partial charge >= 0.3 is 6.03 Å². The second-order valence-corrected chi connectivity index (χ2v) is 3.88. The lowest BCUT2D eigenvalue weighted by Gasteiger charge is -2.29. The highest BCUT2D eigenvalue weighted by molar-refractivity contribution is 5.95. The maximum Gasteiger partial charge on any atom is 0.321 e. The van der Waals surface area contributed by atoms with Crippen molar-refractivity contribution in [3.8, 4) is 5.75 Å². The van der Waals surface area contributed by atoms with Gasteiger partial charge in [0.05, 0.1) is 5.69 Å². The van der Waals surface area contributed by atoms with Crippen LogP contribution in [0.25, 0.3) is 0 Å². The number of rotatable bonds is 1. The number of hydrogen-bond donors (Lipinski definition) is 2. The zero-order chi connectivity index (χ0) is 11.5. The number of hydrogen-bond acceptors (Lipinski definition) is 2. The lowest BCUT2D eigenvalue weighted by Crippen LogP contribution is -2.42. The van der Waals surface area contributed by atoms with Gasteiger partial charge in [0.2, 0.25) is 0 Å². The van der Waals surface area contributed by atoms with Gasteiger partial charge in [-0.1, -0.05) is 12.1 Å². The topological polar surface area (TPSA) is 52.6 Å². The zero-order valence-corrected chi connectivity index (χ0v) is 9.36. The first-order chi connectivity index (χ1) is 7.74. The standard InChI is InChI=1S/C12H16N2O2/c1-2-13-12(16)14-8-4-6-9-5-3-7-10(15)11(9)14/h3,5,7,15H,2,4,6,8H2,1H3,(H,13,16). The predicted octanol–water partition coefficient (Wildman–Crippen LogP) is 1.87. The summed E-state index contributed by atoms with van der Waals surface area (Å²) < 4.78 is 0. The third kappa shape index (κ3) is 1.83. The molecule has 0 radical (unpaired) electrons. The van der Waals surface area contributed by atoms with E-state index in [4.69, 9.17) is 0 Å². The summed E-state index contributed by atoms with van der Waals surface area (Å²) in [6.07, 6.45) is 1.85. The molecular formula is C12H16N2O2. The molecule has 2 amide bonds. The summed E-state index contributed by atoms with van der Waals surface area (Å²) in [7, 11) is 0. The van der Waals surface area contributed by atoms with Crippen molar-refractivity contribution in [1.82, 2.24) is 5.32 Å². The average Bonchev–Trinajstić information content (AvgIpc) is 2.29. The predicted molar refractivity (Wildman–Crippen MR) is 62.8 cm³/mol. The minimum absolute atomic E-state index is 0.134. The Kier molecular flexibility index (Phi) is 2.99. The molecule has 1 aromatic rings. The summed E-state index contributed by atoms with van der Waals surface area (Å²) in [5.74, 6) is 0.184. The number of amides is 2. The first-order valence-corrected chi connectivity index (χ1v) is 5.60. The molecule has 0 atom stereocenters. The van der Waals surface area contributed by atoms with Crippen molar-refractivity contribution in [2.24, 2.45) is 0 Å². The third-order valence-electron chi connectivity index (χ3n) is 2.77. The van der Waals surface area contributed by atoms with Gasteiger partial charge in [0, 0.05) is 13.1 Å². The van der Waals surface area contributed by atoms with Gasteiger partial charge in [-0.05, 0) is 31.4 Å². The molecule has 0 aromatic heterocycles. The Morgan fingerprint density at radius 3 is 3.12 bits per heavy atom. The van der Waals surface area contributed by atoms with E-state index in [1.807, 2.05) is 19.1 Å². The molecule has 1 aromatic carbocycles. The molecule has 2 rings (SSSR count). The lowest BCUT2D eigenvalue weighted by molar-refractivity contribution is 0.246. The van der Waals surface area contributed by atoms with E-state index in [-0.39, 0.29) is 11.8 Å². The summed E-state index contributed by atoms with van der Waals surface area (Å²) in [5, 5.41) is 12.6. The number of carbonyl (C=O) groups is 1. The van der Waals surface area contributed by atoms with Crippen molar-refractivity contribution in [2.45, 2.75) is 19.8 Å². The first-order valence-electron chi connectivity index (χ1n) is 5.60. The normalized spacial score (nSPS) is 14.4. The number of para-hydroxylation sites is 1. The highest BCUT2D eigenvalue weighted by atomic mass is 16.3. The molecule has 4 heteroatoms. The summed E-state index contributed by atoms with van der Waals surface area (Å²) in [5.41, 5.74) is 1.71. The average molecular weight is 220 g/mol. The van der Waals surface area contributed by atoms with Crippen LogP contribution in [0.1, 0.15) is 18.9 Å². The Morgan fingerprint density at radius 2 is 2.38 bits per heavy atom. The molecule has 0 bridgehead atoms. The zero-order valence-electron chi connectivity index (χ0n) is 9.36. The van der Waals surface area contributed by atoms with E-state index >= 15 is 0 Å². The molecule has 1 heterocycles. The highest BCUT2D eigenvalue weighted by Gasteiger charge is 2.24. The molecule has 0 aliphatic carbocycles. The number of phenolic OH excluding ortho intramolecular Hbond substituents is 1. The maximum absolute atomic E-state index is 11.8. The van der Waals surface area contributed by atoms with E-state index < -0.39 is 0 Å². The molecule has 0 unspecified atom stereocenters. The second-order valence-electron chi connectivity index (χ2n) is 3.88. The van der Waals surface area contributed by atoms with E-state index in [0.717, 1.165) is 18.4 Å². The minimum atomic E-state index is -0.134. The minimum Gasteiger partial charge on any atom is -0.506 e. The number of benzene rings is 1. The van der Waals surface area contributed by atoms with E-state index in [1.165, 1.54) is 0 Å². The van der Waals surface area contributed by atoms with Gasteiger partial charge in [-0.3, -0.25) is 4.90 Å². The molecule has 16 heavy (non-hydrogen) atoms. The monoisotopic (exact) mass is 220 g/mol. The van der Waals surface area contributed by atoms with Crippen molar-refractivity contribution in [3.05, 3.63) is 23.8 Å². The number of aryl methyl sites for hydroxylation is 1. The molecule has 2 N–H and O–H groups in total. The Morgan fingerprint density at radius 1 is 1.56 bits per heavy atom. The number of anilines is 1. The Balaban J connectivity index is 2.35. The van der Waals surface area contributed by atoms with Crippen LogP contribution in [-0.4, -0.2) is 24.2 Å². The van der Waals surface area contributed by atoms with Crippen LogP contribution in [0.3, 0.4) is 0 Å². The smallest absolute Gasteiger partial charge is 0.321 e. The van der Waals surface area contributed by atoms with Crippen LogP contribution >= 0.6 is 0 Å². The van der Waals surface area contributed by atoms with Gasteiger partial charge in [0.1, 0.15) is 5.75 Å². The molecule has 0 spiro atoms. The first kappa shape index (κ1) is 10.8. The number of aromatic hydroxyl groups is 1. The van der Waals surface area contributed by atoms with Crippen LogP contribution in [-0.2, 0) is 6.42 Å². The van der Waals surface area contributed by atoms with Crippen molar-refractivity contribution >= 4 is 11.7 Å². The Bertz CT molecular complexity index is 404. The lowest BCUT2D eigenvalue weighted by atomic mass is 10.0. The van der Waals surface area contributed by atoms with Crippen LogP contribution < -0.4 is 10.2 Å². The van der Waals surface area contributed by atoms with Crippen molar-refractivity contribution in [3.63, 3.8) is 0 Å². The van der Waals surface area contributed by atoms with Gasteiger partial charge in [-0.15, -0.1) is 0 Å². The summed E-state index contributed by atoms with van der Waals surface area (Å²) in [6.45, 7) is 3.14. The molecule has 86 valence electrons.